The van der Waals surface area contributed by atoms with Gasteiger partial charge in [0.2, 0.25) is 0 Å². The van der Waals surface area contributed by atoms with Crippen molar-refractivity contribution in [1.29, 1.82) is 0 Å². The number of rotatable bonds is 3. The molecule has 1 aliphatic rings. The lowest BCUT2D eigenvalue weighted by atomic mass is 9.93. The highest BCUT2D eigenvalue weighted by atomic mass is 79.9. The molecule has 0 aliphatic heterocycles. The third-order valence-electron chi connectivity index (χ3n) is 2.98. The maximum atomic E-state index is 11.2. The lowest BCUT2D eigenvalue weighted by Crippen LogP contribution is -2.25. The summed E-state index contributed by atoms with van der Waals surface area (Å²) in [6.07, 6.45) is 0.161. The first-order valence-electron chi connectivity index (χ1n) is 4.70. The minimum Gasteiger partial charge on any atom is -0.481 e. The molecular weight excluding hydrogens is 276 g/mol. The largest absolute Gasteiger partial charge is 0.481 e. The van der Waals surface area contributed by atoms with Crippen LogP contribution in [0.1, 0.15) is 12.0 Å². The summed E-state index contributed by atoms with van der Waals surface area (Å²) in [5, 5.41) is 18.1. The van der Waals surface area contributed by atoms with E-state index in [9.17, 15) is 14.7 Å². The smallest absolute Gasteiger partial charge is 0.315 e. The second-order valence-corrected chi connectivity index (χ2v) is 4.80. The molecule has 2 rings (SSSR count). The van der Waals surface area contributed by atoms with E-state index in [1.54, 1.807) is 24.3 Å². The van der Waals surface area contributed by atoms with E-state index in [0.717, 1.165) is 4.47 Å². The van der Waals surface area contributed by atoms with Gasteiger partial charge in [-0.1, -0.05) is 28.1 Å². The summed E-state index contributed by atoms with van der Waals surface area (Å²) in [6.45, 7) is 0. The van der Waals surface area contributed by atoms with Gasteiger partial charge in [-0.25, -0.2) is 0 Å². The van der Waals surface area contributed by atoms with E-state index in [0.29, 0.717) is 5.56 Å². The van der Waals surface area contributed by atoms with Crippen molar-refractivity contribution in [3.05, 3.63) is 34.3 Å². The molecule has 4 nitrogen and oxygen atoms in total. The summed E-state index contributed by atoms with van der Waals surface area (Å²) in [4.78, 5) is 22.1. The number of hydrogen-bond donors (Lipinski definition) is 2. The number of benzene rings is 1. The number of aliphatic carboxylic acids is 2. The topological polar surface area (TPSA) is 74.6 Å². The van der Waals surface area contributed by atoms with Gasteiger partial charge in [-0.3, -0.25) is 9.59 Å². The van der Waals surface area contributed by atoms with Crippen LogP contribution in [0, 0.1) is 5.92 Å². The first-order chi connectivity index (χ1) is 7.48. The number of carboxylic acids is 2. The van der Waals surface area contributed by atoms with Gasteiger partial charge in [0.05, 0.1) is 5.92 Å². The summed E-state index contributed by atoms with van der Waals surface area (Å²) in [5.74, 6) is -2.94. The predicted molar refractivity (Wildman–Crippen MR) is 59.2 cm³/mol. The monoisotopic (exact) mass is 284 g/mol. The van der Waals surface area contributed by atoms with Crippen LogP contribution >= 0.6 is 15.9 Å². The molecule has 2 N–H and O–H groups in total. The molecule has 0 spiro atoms. The number of carbonyl (C=O) groups is 2. The van der Waals surface area contributed by atoms with Crippen molar-refractivity contribution in [2.24, 2.45) is 5.92 Å². The molecule has 5 heteroatoms. The van der Waals surface area contributed by atoms with Crippen molar-refractivity contribution in [2.45, 2.75) is 11.8 Å². The second kappa shape index (κ2) is 3.59. The molecule has 1 aromatic rings. The highest BCUT2D eigenvalue weighted by molar-refractivity contribution is 9.10. The molecule has 0 bridgehead atoms. The molecule has 16 heavy (non-hydrogen) atoms. The van der Waals surface area contributed by atoms with E-state index < -0.39 is 23.3 Å². The van der Waals surface area contributed by atoms with Gasteiger partial charge >= 0.3 is 11.9 Å². The predicted octanol–water partition coefficient (Wildman–Crippen LogP) is 1.88. The minimum absolute atomic E-state index is 0.161. The Balaban J connectivity index is 2.44. The van der Waals surface area contributed by atoms with Gasteiger partial charge in [-0.15, -0.1) is 0 Å². The summed E-state index contributed by atoms with van der Waals surface area (Å²) in [6, 6.07) is 6.80. The van der Waals surface area contributed by atoms with E-state index >= 15 is 0 Å². The third kappa shape index (κ3) is 1.51. The Morgan fingerprint density at radius 2 is 2.06 bits per heavy atom. The van der Waals surface area contributed by atoms with Gasteiger partial charge in [0, 0.05) is 4.47 Å². The van der Waals surface area contributed by atoms with Crippen molar-refractivity contribution >= 4 is 27.9 Å². The molecule has 84 valence electrons. The van der Waals surface area contributed by atoms with E-state index in [1.165, 1.54) is 0 Å². The van der Waals surface area contributed by atoms with Crippen LogP contribution in [-0.4, -0.2) is 22.2 Å². The van der Waals surface area contributed by atoms with Crippen molar-refractivity contribution in [2.75, 3.05) is 0 Å². The molecule has 1 fully saturated rings. The van der Waals surface area contributed by atoms with Gasteiger partial charge < -0.3 is 10.2 Å². The molecular formula is C11H9BrO4. The maximum Gasteiger partial charge on any atom is 0.315 e. The van der Waals surface area contributed by atoms with Gasteiger partial charge in [0.15, 0.2) is 0 Å². The Bertz CT molecular complexity index is 471. The van der Waals surface area contributed by atoms with Crippen LogP contribution in [0.15, 0.2) is 28.7 Å². The quantitative estimate of drug-likeness (QED) is 0.889. The first-order valence-corrected chi connectivity index (χ1v) is 5.50. The van der Waals surface area contributed by atoms with Crippen LogP contribution in [0.25, 0.3) is 0 Å². The normalized spacial score (nSPS) is 27.4. The Morgan fingerprint density at radius 1 is 1.38 bits per heavy atom. The van der Waals surface area contributed by atoms with E-state index in [4.69, 9.17) is 5.11 Å². The molecule has 1 saturated carbocycles. The van der Waals surface area contributed by atoms with Crippen molar-refractivity contribution in [3.63, 3.8) is 0 Å². The van der Waals surface area contributed by atoms with Crippen LogP contribution in [-0.2, 0) is 15.0 Å². The Kier molecular flexibility index (Phi) is 2.50. The molecule has 1 aliphatic carbocycles. The van der Waals surface area contributed by atoms with Crippen molar-refractivity contribution in [1.82, 2.24) is 0 Å². The van der Waals surface area contributed by atoms with Crippen LogP contribution in [0.5, 0.6) is 0 Å². The lowest BCUT2D eigenvalue weighted by molar-refractivity contribution is -0.145. The standard InChI is InChI=1S/C11H9BrO4/c12-7-3-1-2-6(4-7)11(10(15)16)5-8(11)9(13)14/h1-4,8H,5H2,(H,13,14)(H,15,16)/t8-,11+/m0/s1. The molecule has 0 amide bonds. The van der Waals surface area contributed by atoms with E-state index in [2.05, 4.69) is 15.9 Å². The zero-order valence-corrected chi connectivity index (χ0v) is 9.77. The summed E-state index contributed by atoms with van der Waals surface area (Å²) in [5.41, 5.74) is -0.697. The lowest BCUT2D eigenvalue weighted by Gasteiger charge is -2.11. The fourth-order valence-corrected chi connectivity index (χ4v) is 2.41. The van der Waals surface area contributed by atoms with E-state index in [1.807, 2.05) is 0 Å². The highest BCUT2D eigenvalue weighted by Crippen LogP contribution is 2.54. The van der Waals surface area contributed by atoms with Crippen molar-refractivity contribution < 1.29 is 19.8 Å². The highest BCUT2D eigenvalue weighted by Gasteiger charge is 2.65. The van der Waals surface area contributed by atoms with Gasteiger partial charge in [0.25, 0.3) is 0 Å². The summed E-state index contributed by atoms with van der Waals surface area (Å²) < 4.78 is 0.752. The zero-order chi connectivity index (χ0) is 11.9. The number of halogens is 1. The minimum atomic E-state index is -1.24. The van der Waals surface area contributed by atoms with Crippen LogP contribution in [0.3, 0.4) is 0 Å². The van der Waals surface area contributed by atoms with E-state index in [-0.39, 0.29) is 6.42 Å². The Labute approximate surface area is 100 Å². The molecule has 1 aromatic carbocycles. The molecule has 0 saturated heterocycles. The van der Waals surface area contributed by atoms with Gasteiger partial charge in [-0.2, -0.15) is 0 Å². The van der Waals surface area contributed by atoms with Gasteiger partial charge in [-0.05, 0) is 24.1 Å². The fraction of sp³-hybridized carbons (Fsp3) is 0.273. The first kappa shape index (κ1) is 11.1. The van der Waals surface area contributed by atoms with Crippen molar-refractivity contribution in [3.8, 4) is 0 Å². The average Bonchev–Trinajstić information content (AvgIpc) is 2.93. The Hall–Kier alpha value is -1.36. The number of carboxylic acid groups (broad SMARTS) is 2. The molecule has 0 unspecified atom stereocenters. The average molecular weight is 285 g/mol. The third-order valence-corrected chi connectivity index (χ3v) is 3.47. The van der Waals surface area contributed by atoms with Crippen LogP contribution in [0.2, 0.25) is 0 Å². The Morgan fingerprint density at radius 3 is 2.50 bits per heavy atom. The summed E-state index contributed by atoms with van der Waals surface area (Å²) in [7, 11) is 0. The molecule has 0 heterocycles. The molecule has 0 radical (unpaired) electrons. The van der Waals surface area contributed by atoms with Crippen LogP contribution in [0.4, 0.5) is 0 Å². The van der Waals surface area contributed by atoms with Gasteiger partial charge in [0.1, 0.15) is 5.41 Å². The SMILES string of the molecule is O=C(O)[C@@H]1C[C@@]1(C(=O)O)c1cccc(Br)c1. The van der Waals surface area contributed by atoms with Crippen LogP contribution < -0.4 is 0 Å². The number of hydrogen-bond acceptors (Lipinski definition) is 2. The maximum absolute atomic E-state index is 11.2. The molecule has 0 aromatic heterocycles. The zero-order valence-electron chi connectivity index (χ0n) is 8.18. The summed E-state index contributed by atoms with van der Waals surface area (Å²) >= 11 is 3.25. The molecule has 2 atom stereocenters. The second-order valence-electron chi connectivity index (χ2n) is 3.88. The fourth-order valence-electron chi connectivity index (χ4n) is 2.01.